The molecule has 0 aliphatic carbocycles. The van der Waals surface area contributed by atoms with Crippen molar-refractivity contribution >= 4 is 11.9 Å². The van der Waals surface area contributed by atoms with Crippen molar-refractivity contribution < 1.29 is 81.8 Å². The van der Waals surface area contributed by atoms with Crippen LogP contribution in [0.2, 0.25) is 0 Å². The summed E-state index contributed by atoms with van der Waals surface area (Å²) >= 11 is 0. The van der Waals surface area contributed by atoms with E-state index >= 15 is 0 Å². The Hall–Kier alpha value is 0.940. The topological polar surface area (TPSA) is 74.6 Å². The van der Waals surface area contributed by atoms with E-state index in [0.717, 1.165) is 13.8 Å². The van der Waals surface area contributed by atoms with E-state index in [1.54, 1.807) is 0 Å². The van der Waals surface area contributed by atoms with E-state index in [0.29, 0.717) is 0 Å². The van der Waals surface area contributed by atoms with E-state index in [2.05, 4.69) is 0 Å². The van der Waals surface area contributed by atoms with Crippen LogP contribution in [0.1, 0.15) is 16.7 Å². The van der Waals surface area contributed by atoms with Crippen LogP contribution in [0, 0.1) is 0 Å². The average Bonchev–Trinajstić information content (AvgIpc) is 1.25. The van der Waals surface area contributed by atoms with Crippen LogP contribution < -0.4 is 59.1 Å². The molecule has 0 atom stereocenters. The van der Waals surface area contributed by atoms with Crippen LogP contribution in [0.4, 0.5) is 0 Å². The molecule has 10 heavy (non-hydrogen) atoms. The molecule has 0 unspecified atom stereocenters. The molecule has 52 valence electrons. The molecule has 0 amide bonds. The Bertz CT molecular complexity index is 81.1. The third-order valence-corrected chi connectivity index (χ3v) is 0. The maximum Gasteiger partial charge on any atom is 1.00 e. The van der Waals surface area contributed by atoms with E-state index in [1.165, 1.54) is 0 Å². The van der Waals surface area contributed by atoms with Gasteiger partial charge in [0.15, 0.2) is 0 Å². The molecule has 2 N–H and O–H groups in total. The Morgan fingerprint density at radius 3 is 1.00 bits per heavy atom. The van der Waals surface area contributed by atoms with Crippen LogP contribution in [-0.2, 0) is 9.59 Å². The van der Waals surface area contributed by atoms with Crippen molar-refractivity contribution in [1.82, 2.24) is 0 Å². The first kappa shape index (κ1) is 22.4. The zero-order valence-electron chi connectivity index (χ0n) is 8.71. The zero-order chi connectivity index (χ0) is 7.15. The Morgan fingerprint density at radius 1 is 1.00 bits per heavy atom. The van der Waals surface area contributed by atoms with Crippen LogP contribution in [0.25, 0.3) is 0 Å². The van der Waals surface area contributed by atoms with Gasteiger partial charge in [0.1, 0.15) is 0 Å². The minimum Gasteiger partial charge on any atom is -1.00 e. The van der Waals surface area contributed by atoms with Crippen LogP contribution in [0.5, 0.6) is 0 Å². The zero-order valence-corrected chi connectivity index (χ0v) is 10.7. The maximum absolute atomic E-state index is 9.00. The van der Waals surface area contributed by atoms with Gasteiger partial charge in [0.05, 0.1) is 0 Å². The second-order valence-electron chi connectivity index (χ2n) is 1.04. The molecule has 0 saturated heterocycles. The summed E-state index contributed by atoms with van der Waals surface area (Å²) in [4.78, 5) is 18.0. The molecule has 0 aromatic carbocycles. The molecule has 0 aliphatic rings. The molecule has 0 heterocycles. The van der Waals surface area contributed by atoms with Gasteiger partial charge in [-0.3, -0.25) is 9.59 Å². The second-order valence-corrected chi connectivity index (χ2v) is 1.04. The fraction of sp³-hybridized carbons (Fsp3) is 0.500. The standard InChI is InChI=1S/2C2H4O2.2Na.2H/c2*1-2(3)4;;;;/h2*1H3,(H,3,4);;;;/q;;2*+1;2*-1. The SMILES string of the molecule is CC(=O)O.CC(=O)O.[H-].[H-].[Na+].[Na+]. The number of carboxylic acid groups (broad SMARTS) is 2. The van der Waals surface area contributed by atoms with Crippen molar-refractivity contribution in [3.05, 3.63) is 0 Å². The molecule has 0 radical (unpaired) electrons. The molecule has 0 bridgehead atoms. The summed E-state index contributed by atoms with van der Waals surface area (Å²) in [5.41, 5.74) is 0. The number of hydrogen-bond acceptors (Lipinski definition) is 2. The Balaban J connectivity index is -0.0000000112. The number of hydrogen-bond donors (Lipinski definition) is 2. The van der Waals surface area contributed by atoms with Crippen LogP contribution in [0.3, 0.4) is 0 Å². The summed E-state index contributed by atoms with van der Waals surface area (Å²) < 4.78 is 0. The molecular formula is C4H10Na2O4. The molecule has 0 spiro atoms. The van der Waals surface area contributed by atoms with Gasteiger partial charge in [0.2, 0.25) is 0 Å². The molecule has 0 aromatic heterocycles. The molecule has 6 heteroatoms. The van der Waals surface area contributed by atoms with Crippen molar-refractivity contribution in [3.8, 4) is 0 Å². The van der Waals surface area contributed by atoms with E-state index in [4.69, 9.17) is 19.8 Å². The Morgan fingerprint density at radius 2 is 1.00 bits per heavy atom. The molecule has 0 aliphatic heterocycles. The molecule has 0 saturated carbocycles. The maximum atomic E-state index is 9.00. The molecule has 0 fully saturated rings. The van der Waals surface area contributed by atoms with Gasteiger partial charge in [-0.25, -0.2) is 0 Å². The molecule has 4 nitrogen and oxygen atoms in total. The first-order chi connectivity index (χ1) is 3.46. The molecule has 0 rings (SSSR count). The Labute approximate surface area is 107 Å². The van der Waals surface area contributed by atoms with E-state index in [-0.39, 0.29) is 62.0 Å². The smallest absolute Gasteiger partial charge is 1.00 e. The first-order valence-electron chi connectivity index (χ1n) is 1.86. The summed E-state index contributed by atoms with van der Waals surface area (Å²) in [6, 6.07) is 0. The third-order valence-electron chi connectivity index (χ3n) is 0. The summed E-state index contributed by atoms with van der Waals surface area (Å²) in [5.74, 6) is -1.67. The quantitative estimate of drug-likeness (QED) is 0.354. The minimum atomic E-state index is -0.833. The van der Waals surface area contributed by atoms with Crippen molar-refractivity contribution in [2.24, 2.45) is 0 Å². The average molecular weight is 168 g/mol. The van der Waals surface area contributed by atoms with Gasteiger partial charge in [-0.2, -0.15) is 0 Å². The number of rotatable bonds is 0. The summed E-state index contributed by atoms with van der Waals surface area (Å²) in [5, 5.41) is 14.8. The van der Waals surface area contributed by atoms with Gasteiger partial charge in [0.25, 0.3) is 11.9 Å². The van der Waals surface area contributed by atoms with Crippen molar-refractivity contribution in [1.29, 1.82) is 0 Å². The fourth-order valence-corrected chi connectivity index (χ4v) is 0. The van der Waals surface area contributed by atoms with Gasteiger partial charge < -0.3 is 13.1 Å². The molecule has 0 aromatic rings. The van der Waals surface area contributed by atoms with Crippen molar-refractivity contribution in [2.45, 2.75) is 13.8 Å². The van der Waals surface area contributed by atoms with E-state index in [1.807, 2.05) is 0 Å². The summed E-state index contributed by atoms with van der Waals surface area (Å²) in [6.45, 7) is 2.17. The van der Waals surface area contributed by atoms with Gasteiger partial charge in [0, 0.05) is 13.8 Å². The fourth-order valence-electron chi connectivity index (χ4n) is 0. The predicted octanol–water partition coefficient (Wildman–Crippen LogP) is -5.59. The van der Waals surface area contributed by atoms with Gasteiger partial charge in [-0.05, 0) is 0 Å². The molecular weight excluding hydrogens is 158 g/mol. The monoisotopic (exact) mass is 168 g/mol. The number of aliphatic carboxylic acids is 2. The van der Waals surface area contributed by atoms with Crippen LogP contribution in [0.15, 0.2) is 0 Å². The van der Waals surface area contributed by atoms with E-state index in [9.17, 15) is 0 Å². The van der Waals surface area contributed by atoms with Gasteiger partial charge in [-0.15, -0.1) is 0 Å². The third kappa shape index (κ3) is 638. The second kappa shape index (κ2) is 16.5. The van der Waals surface area contributed by atoms with Crippen molar-refractivity contribution in [3.63, 3.8) is 0 Å². The Kier molecular flexibility index (Phi) is 37.0. The van der Waals surface area contributed by atoms with Crippen molar-refractivity contribution in [2.75, 3.05) is 0 Å². The normalized spacial score (nSPS) is 5.00. The number of carbonyl (C=O) groups is 2. The minimum absolute atomic E-state index is 0. The van der Waals surface area contributed by atoms with Crippen LogP contribution in [-0.4, -0.2) is 22.2 Å². The first-order valence-corrected chi connectivity index (χ1v) is 1.86. The van der Waals surface area contributed by atoms with Gasteiger partial charge >= 0.3 is 59.1 Å². The summed E-state index contributed by atoms with van der Waals surface area (Å²) in [6.07, 6.45) is 0. The largest absolute Gasteiger partial charge is 1.00 e. The number of carboxylic acids is 2. The summed E-state index contributed by atoms with van der Waals surface area (Å²) in [7, 11) is 0. The van der Waals surface area contributed by atoms with E-state index < -0.39 is 11.9 Å². The van der Waals surface area contributed by atoms with Crippen LogP contribution >= 0.6 is 0 Å². The van der Waals surface area contributed by atoms with Gasteiger partial charge in [-0.1, -0.05) is 0 Å². The predicted molar refractivity (Wildman–Crippen MR) is 28.8 cm³/mol.